The van der Waals surface area contributed by atoms with E-state index in [4.69, 9.17) is 17.0 Å². The van der Waals surface area contributed by atoms with Crippen LogP contribution in [0.3, 0.4) is 0 Å². The Balaban J connectivity index is 1.67. The van der Waals surface area contributed by atoms with E-state index >= 15 is 0 Å². The minimum Gasteiger partial charge on any atom is -0.497 e. The second-order valence-electron chi connectivity index (χ2n) is 6.08. The average molecular weight is 382 g/mol. The molecule has 2 aromatic carbocycles. The number of carbonyl (C=O) groups excluding carboxylic acids is 1. The first-order valence-corrected chi connectivity index (χ1v) is 9.20. The van der Waals surface area contributed by atoms with Crippen LogP contribution in [0.25, 0.3) is 11.4 Å². The molecule has 0 bridgehead atoms. The molecule has 0 saturated carbocycles. The SMILES string of the molecule is CCc1ccc(NC(=O)CCn2c(-c3ccc(OC)cc3)n[nH]c2=S)cc1. The number of ether oxygens (including phenoxy) is 1. The maximum Gasteiger partial charge on any atom is 0.226 e. The number of aromatic nitrogens is 3. The van der Waals surface area contributed by atoms with Crippen LogP contribution in [0.1, 0.15) is 18.9 Å². The second-order valence-corrected chi connectivity index (χ2v) is 6.47. The topological polar surface area (TPSA) is 71.9 Å². The van der Waals surface area contributed by atoms with E-state index in [9.17, 15) is 4.79 Å². The fourth-order valence-corrected chi connectivity index (χ4v) is 2.97. The molecule has 0 spiro atoms. The van der Waals surface area contributed by atoms with Crippen molar-refractivity contribution in [3.05, 3.63) is 58.9 Å². The van der Waals surface area contributed by atoms with Crippen LogP contribution in [0.5, 0.6) is 5.75 Å². The molecule has 3 rings (SSSR count). The van der Waals surface area contributed by atoms with Crippen molar-refractivity contribution >= 4 is 23.8 Å². The molecular formula is C20H22N4O2S. The Morgan fingerprint density at radius 3 is 2.52 bits per heavy atom. The minimum atomic E-state index is -0.0666. The highest BCUT2D eigenvalue weighted by Crippen LogP contribution is 2.21. The van der Waals surface area contributed by atoms with Gasteiger partial charge in [0.15, 0.2) is 10.6 Å². The summed E-state index contributed by atoms with van der Waals surface area (Å²) < 4.78 is 7.50. The van der Waals surface area contributed by atoms with Gasteiger partial charge in [-0.25, -0.2) is 0 Å². The second kappa shape index (κ2) is 8.64. The summed E-state index contributed by atoms with van der Waals surface area (Å²) in [7, 11) is 1.62. The van der Waals surface area contributed by atoms with Gasteiger partial charge in [-0.2, -0.15) is 5.10 Å². The predicted octanol–water partition coefficient (Wildman–Crippen LogP) is 4.21. The van der Waals surface area contributed by atoms with Crippen LogP contribution in [0.4, 0.5) is 5.69 Å². The molecule has 0 unspecified atom stereocenters. The molecule has 1 amide bonds. The van der Waals surface area contributed by atoms with Gasteiger partial charge in [-0.05, 0) is 60.6 Å². The van der Waals surface area contributed by atoms with Crippen LogP contribution >= 0.6 is 12.2 Å². The maximum absolute atomic E-state index is 12.3. The van der Waals surface area contributed by atoms with Gasteiger partial charge in [-0.15, -0.1) is 0 Å². The Bertz CT molecular complexity index is 959. The summed E-state index contributed by atoms with van der Waals surface area (Å²) in [6.45, 7) is 2.54. The third-order valence-electron chi connectivity index (χ3n) is 4.31. The molecule has 0 saturated heterocycles. The Labute approximate surface area is 163 Å². The summed E-state index contributed by atoms with van der Waals surface area (Å²) in [5.41, 5.74) is 2.93. The summed E-state index contributed by atoms with van der Waals surface area (Å²) in [5.74, 6) is 1.40. The number of hydrogen-bond acceptors (Lipinski definition) is 4. The standard InChI is InChI=1S/C20H22N4O2S/c1-3-14-4-8-16(9-5-14)21-18(25)12-13-24-19(22-23-20(24)27)15-6-10-17(26-2)11-7-15/h4-11H,3,12-13H2,1-2H3,(H,21,25)(H,23,27). The third-order valence-corrected chi connectivity index (χ3v) is 4.63. The van der Waals surface area contributed by atoms with Gasteiger partial charge in [0.1, 0.15) is 5.75 Å². The van der Waals surface area contributed by atoms with Crippen molar-refractivity contribution in [2.45, 2.75) is 26.3 Å². The lowest BCUT2D eigenvalue weighted by atomic mass is 10.1. The van der Waals surface area contributed by atoms with Crippen molar-refractivity contribution in [2.75, 3.05) is 12.4 Å². The first kappa shape index (κ1) is 18.8. The highest BCUT2D eigenvalue weighted by molar-refractivity contribution is 7.71. The third kappa shape index (κ3) is 4.62. The Hall–Kier alpha value is -2.93. The minimum absolute atomic E-state index is 0.0666. The molecule has 0 aliphatic rings. The molecule has 0 radical (unpaired) electrons. The molecule has 140 valence electrons. The van der Waals surface area contributed by atoms with Crippen molar-refractivity contribution in [1.82, 2.24) is 14.8 Å². The molecule has 1 heterocycles. The smallest absolute Gasteiger partial charge is 0.226 e. The maximum atomic E-state index is 12.3. The summed E-state index contributed by atoms with van der Waals surface area (Å²) >= 11 is 5.32. The van der Waals surface area contributed by atoms with Crippen LogP contribution in [-0.2, 0) is 17.8 Å². The van der Waals surface area contributed by atoms with Gasteiger partial charge >= 0.3 is 0 Å². The summed E-state index contributed by atoms with van der Waals surface area (Å²) in [4.78, 5) is 12.3. The van der Waals surface area contributed by atoms with Gasteiger partial charge < -0.3 is 10.1 Å². The average Bonchev–Trinajstić information content (AvgIpc) is 3.07. The first-order valence-electron chi connectivity index (χ1n) is 8.79. The molecule has 27 heavy (non-hydrogen) atoms. The van der Waals surface area contributed by atoms with E-state index in [1.807, 2.05) is 53.1 Å². The number of benzene rings is 2. The molecule has 2 N–H and O–H groups in total. The molecule has 0 aliphatic heterocycles. The number of carbonyl (C=O) groups is 1. The number of H-pyrrole nitrogens is 1. The van der Waals surface area contributed by atoms with Gasteiger partial charge in [0.05, 0.1) is 7.11 Å². The molecule has 1 aromatic heterocycles. The molecule has 0 aliphatic carbocycles. The van der Waals surface area contributed by atoms with Crippen molar-refractivity contribution in [3.63, 3.8) is 0 Å². The lowest BCUT2D eigenvalue weighted by Gasteiger charge is -2.09. The van der Waals surface area contributed by atoms with Crippen LogP contribution in [-0.4, -0.2) is 27.8 Å². The van der Waals surface area contributed by atoms with Gasteiger partial charge in [0, 0.05) is 24.2 Å². The molecule has 7 heteroatoms. The summed E-state index contributed by atoms with van der Waals surface area (Å²) in [6, 6.07) is 15.4. The number of aromatic amines is 1. The van der Waals surface area contributed by atoms with Gasteiger partial charge in [-0.3, -0.25) is 14.5 Å². The monoisotopic (exact) mass is 382 g/mol. The van der Waals surface area contributed by atoms with Crippen molar-refractivity contribution < 1.29 is 9.53 Å². The van der Waals surface area contributed by atoms with Crippen molar-refractivity contribution in [1.29, 1.82) is 0 Å². The first-order chi connectivity index (χ1) is 13.1. The lowest BCUT2D eigenvalue weighted by Crippen LogP contribution is -2.15. The number of anilines is 1. The highest BCUT2D eigenvalue weighted by atomic mass is 32.1. The summed E-state index contributed by atoms with van der Waals surface area (Å²) in [5, 5.41) is 10.0. The van der Waals surface area contributed by atoms with Crippen LogP contribution < -0.4 is 10.1 Å². The Kier molecular flexibility index (Phi) is 6.03. The number of aryl methyl sites for hydroxylation is 1. The molecule has 3 aromatic rings. The van der Waals surface area contributed by atoms with E-state index in [0.717, 1.165) is 23.4 Å². The van der Waals surface area contributed by atoms with E-state index in [0.29, 0.717) is 23.6 Å². The van der Waals surface area contributed by atoms with Crippen LogP contribution in [0.15, 0.2) is 48.5 Å². The van der Waals surface area contributed by atoms with Crippen LogP contribution in [0.2, 0.25) is 0 Å². The predicted molar refractivity (Wildman–Crippen MR) is 108 cm³/mol. The molecular weight excluding hydrogens is 360 g/mol. The number of nitrogens with one attached hydrogen (secondary N) is 2. The molecule has 6 nitrogen and oxygen atoms in total. The Morgan fingerprint density at radius 2 is 1.89 bits per heavy atom. The fourth-order valence-electron chi connectivity index (χ4n) is 2.75. The molecule has 0 atom stereocenters. The van der Waals surface area contributed by atoms with E-state index < -0.39 is 0 Å². The zero-order valence-corrected chi connectivity index (χ0v) is 16.2. The van der Waals surface area contributed by atoms with E-state index in [2.05, 4.69) is 22.4 Å². The quantitative estimate of drug-likeness (QED) is 0.601. The van der Waals surface area contributed by atoms with Gasteiger partial charge in [-0.1, -0.05) is 19.1 Å². The fraction of sp³-hybridized carbons (Fsp3) is 0.250. The number of methoxy groups -OCH3 is 1. The lowest BCUT2D eigenvalue weighted by molar-refractivity contribution is -0.116. The molecule has 0 fully saturated rings. The van der Waals surface area contributed by atoms with Crippen LogP contribution in [0, 0.1) is 4.77 Å². The number of hydrogen-bond donors (Lipinski definition) is 2. The van der Waals surface area contributed by atoms with E-state index in [1.54, 1.807) is 7.11 Å². The number of nitrogens with zero attached hydrogens (tertiary/aromatic N) is 2. The van der Waals surface area contributed by atoms with E-state index in [1.165, 1.54) is 5.56 Å². The summed E-state index contributed by atoms with van der Waals surface area (Å²) in [6.07, 6.45) is 1.27. The van der Waals surface area contributed by atoms with Gasteiger partial charge in [0.2, 0.25) is 5.91 Å². The highest BCUT2D eigenvalue weighted by Gasteiger charge is 2.11. The van der Waals surface area contributed by atoms with Crippen molar-refractivity contribution in [3.8, 4) is 17.1 Å². The van der Waals surface area contributed by atoms with Gasteiger partial charge in [0.25, 0.3) is 0 Å². The largest absolute Gasteiger partial charge is 0.497 e. The van der Waals surface area contributed by atoms with E-state index in [-0.39, 0.29) is 5.91 Å². The zero-order chi connectivity index (χ0) is 19.2. The number of rotatable bonds is 7. The van der Waals surface area contributed by atoms with Crippen molar-refractivity contribution in [2.24, 2.45) is 0 Å². The number of amides is 1. The normalized spacial score (nSPS) is 10.6. The Morgan fingerprint density at radius 1 is 1.19 bits per heavy atom. The zero-order valence-electron chi connectivity index (χ0n) is 15.4.